The Morgan fingerprint density at radius 3 is 2.27 bits per heavy atom. The molecule has 1 N–H and O–H groups in total. The zero-order valence-electron chi connectivity index (χ0n) is 17.4. The summed E-state index contributed by atoms with van der Waals surface area (Å²) in [5.74, 6) is -0.617. The molecule has 0 fully saturated rings. The largest absolute Gasteiger partial charge is 0.446 e. The van der Waals surface area contributed by atoms with Crippen molar-refractivity contribution in [1.29, 1.82) is 0 Å². The number of nitrogens with zero attached hydrogens (tertiary/aromatic N) is 1. The molecular weight excluding hydrogens is 392 g/mol. The quantitative estimate of drug-likeness (QED) is 0.272. The first-order chi connectivity index (χ1) is 14.7. The van der Waals surface area contributed by atoms with Crippen molar-refractivity contribution in [2.24, 2.45) is 0 Å². The second-order valence-electron chi connectivity index (χ2n) is 6.93. The number of hydrogen-bond donors (Lipinski definition) is 1. The summed E-state index contributed by atoms with van der Waals surface area (Å²) in [6, 6.07) is 0. The molecule has 168 valence electrons. The number of amides is 3. The van der Waals surface area contributed by atoms with E-state index in [2.05, 4.69) is 17.5 Å². The molecule has 9 nitrogen and oxygen atoms in total. The highest BCUT2D eigenvalue weighted by Gasteiger charge is 2.22. The van der Waals surface area contributed by atoms with Crippen molar-refractivity contribution in [2.75, 3.05) is 52.7 Å². The fraction of sp³-hybridized carbons (Fsp3) is 0.667. The summed E-state index contributed by atoms with van der Waals surface area (Å²) in [5.41, 5.74) is 0. The minimum absolute atomic E-state index is 0.0144. The highest BCUT2D eigenvalue weighted by atomic mass is 16.6. The molecule has 1 aliphatic heterocycles. The molecule has 30 heavy (non-hydrogen) atoms. The number of alkyl carbamates (subject to hydrolysis) is 1. The van der Waals surface area contributed by atoms with Crippen LogP contribution in [-0.2, 0) is 28.5 Å². The van der Waals surface area contributed by atoms with Gasteiger partial charge in [0.15, 0.2) is 0 Å². The Balaban J connectivity index is 1.34. The van der Waals surface area contributed by atoms with Crippen molar-refractivity contribution in [3.63, 3.8) is 0 Å². The minimum Gasteiger partial charge on any atom is -0.446 e. The van der Waals surface area contributed by atoms with E-state index in [4.69, 9.17) is 18.9 Å². The summed E-state index contributed by atoms with van der Waals surface area (Å²) < 4.78 is 21.5. The monoisotopic (exact) mass is 424 g/mol. The molecule has 2 rings (SSSR count). The normalized spacial score (nSPS) is 20.1. The van der Waals surface area contributed by atoms with Crippen LogP contribution >= 0.6 is 0 Å². The van der Waals surface area contributed by atoms with E-state index in [0.717, 1.165) is 37.0 Å². The topological polar surface area (TPSA) is 103 Å². The molecule has 0 radical (unpaired) electrons. The lowest BCUT2D eigenvalue weighted by molar-refractivity contribution is -0.137. The average molecular weight is 424 g/mol. The molecule has 1 unspecified atom stereocenters. The van der Waals surface area contributed by atoms with E-state index in [-0.39, 0.29) is 31.1 Å². The molecule has 0 spiro atoms. The summed E-state index contributed by atoms with van der Waals surface area (Å²) in [6.07, 6.45) is 11.2. The molecule has 0 aromatic heterocycles. The molecule has 1 heterocycles. The van der Waals surface area contributed by atoms with Gasteiger partial charge in [0, 0.05) is 18.7 Å². The van der Waals surface area contributed by atoms with Crippen LogP contribution in [0.2, 0.25) is 0 Å². The van der Waals surface area contributed by atoms with Gasteiger partial charge in [-0.25, -0.2) is 4.79 Å². The van der Waals surface area contributed by atoms with E-state index in [9.17, 15) is 14.4 Å². The molecule has 0 saturated heterocycles. The summed E-state index contributed by atoms with van der Waals surface area (Å²) in [5, 5.41) is 2.70. The van der Waals surface area contributed by atoms with Crippen LogP contribution in [0.1, 0.15) is 32.1 Å². The number of hydrogen-bond acceptors (Lipinski definition) is 7. The van der Waals surface area contributed by atoms with Crippen LogP contribution < -0.4 is 5.32 Å². The van der Waals surface area contributed by atoms with Gasteiger partial charge in [0.25, 0.3) is 11.8 Å². The van der Waals surface area contributed by atoms with Crippen LogP contribution in [0.3, 0.4) is 0 Å². The molecule has 0 bridgehead atoms. The maximum absolute atomic E-state index is 11.8. The standard InChI is InChI=1S/C21H32N2O7/c24-19-8-9-20(25)23(19)11-13-28-15-17-29-16-14-27-12-10-22-21(26)30-18-6-4-2-1-3-5-7-18/h1-2,8-9,18H,3-7,10-17H2,(H,22,26)/b2-1+. The molecule has 0 aromatic rings. The van der Waals surface area contributed by atoms with Gasteiger partial charge in [0.2, 0.25) is 0 Å². The predicted octanol–water partition coefficient (Wildman–Crippen LogP) is 1.58. The Morgan fingerprint density at radius 1 is 0.900 bits per heavy atom. The van der Waals surface area contributed by atoms with E-state index in [1.807, 2.05) is 0 Å². The van der Waals surface area contributed by atoms with Crippen molar-refractivity contribution in [3.05, 3.63) is 24.3 Å². The Bertz CT molecular complexity index is 588. The number of rotatable bonds is 13. The molecule has 0 saturated carbocycles. The minimum atomic E-state index is -0.394. The van der Waals surface area contributed by atoms with Crippen molar-refractivity contribution in [3.8, 4) is 0 Å². The number of nitrogens with one attached hydrogen (secondary N) is 1. The first kappa shape index (κ1) is 24.0. The Morgan fingerprint density at radius 2 is 1.53 bits per heavy atom. The third kappa shape index (κ3) is 10.00. The predicted molar refractivity (Wildman–Crippen MR) is 109 cm³/mol. The third-order valence-corrected chi connectivity index (χ3v) is 4.61. The lowest BCUT2D eigenvalue weighted by Gasteiger charge is -2.18. The highest BCUT2D eigenvalue weighted by Crippen LogP contribution is 2.15. The zero-order valence-corrected chi connectivity index (χ0v) is 17.4. The van der Waals surface area contributed by atoms with Gasteiger partial charge in [-0.2, -0.15) is 0 Å². The Hall–Kier alpha value is -2.23. The molecule has 9 heteroatoms. The number of imide groups is 1. The maximum Gasteiger partial charge on any atom is 0.407 e. The number of carbonyl (C=O) groups excluding carboxylic acids is 3. The van der Waals surface area contributed by atoms with Crippen molar-refractivity contribution in [1.82, 2.24) is 10.2 Å². The van der Waals surface area contributed by atoms with Crippen LogP contribution in [-0.4, -0.2) is 81.6 Å². The van der Waals surface area contributed by atoms with Gasteiger partial charge in [-0.05, 0) is 32.1 Å². The summed E-state index contributed by atoms with van der Waals surface area (Å²) >= 11 is 0. The lowest BCUT2D eigenvalue weighted by Crippen LogP contribution is -2.33. The van der Waals surface area contributed by atoms with Gasteiger partial charge in [-0.1, -0.05) is 12.2 Å². The zero-order chi connectivity index (χ0) is 21.4. The van der Waals surface area contributed by atoms with Gasteiger partial charge in [0.05, 0.1) is 46.2 Å². The number of ether oxygens (including phenoxy) is 4. The maximum atomic E-state index is 11.8. The molecule has 1 aliphatic carbocycles. The second kappa shape index (κ2) is 14.7. The summed E-state index contributed by atoms with van der Waals surface area (Å²) in [4.78, 5) is 35.6. The molecule has 2 aliphatic rings. The molecule has 1 atom stereocenters. The fourth-order valence-corrected chi connectivity index (χ4v) is 3.01. The summed E-state index contributed by atoms with van der Waals surface area (Å²) in [7, 11) is 0. The second-order valence-corrected chi connectivity index (χ2v) is 6.93. The lowest BCUT2D eigenvalue weighted by atomic mass is 10.0. The van der Waals surface area contributed by atoms with Gasteiger partial charge >= 0.3 is 6.09 Å². The average Bonchev–Trinajstić information content (AvgIpc) is 3.02. The number of carbonyl (C=O) groups is 3. The Kier molecular flexibility index (Phi) is 11.8. The van der Waals surface area contributed by atoms with Crippen molar-refractivity contribution < 1.29 is 33.3 Å². The van der Waals surface area contributed by atoms with E-state index in [1.165, 1.54) is 12.2 Å². The van der Waals surface area contributed by atoms with Gasteiger partial charge < -0.3 is 24.3 Å². The van der Waals surface area contributed by atoms with E-state index in [0.29, 0.717) is 39.6 Å². The van der Waals surface area contributed by atoms with Crippen molar-refractivity contribution in [2.45, 2.75) is 38.2 Å². The smallest absolute Gasteiger partial charge is 0.407 e. The highest BCUT2D eigenvalue weighted by molar-refractivity contribution is 6.12. The first-order valence-electron chi connectivity index (χ1n) is 10.5. The van der Waals surface area contributed by atoms with Crippen LogP contribution in [0.25, 0.3) is 0 Å². The van der Waals surface area contributed by atoms with Gasteiger partial charge in [0.1, 0.15) is 6.10 Å². The van der Waals surface area contributed by atoms with Gasteiger partial charge in [-0.15, -0.1) is 0 Å². The van der Waals surface area contributed by atoms with Crippen LogP contribution in [0.15, 0.2) is 24.3 Å². The SMILES string of the molecule is O=C(NCCOCCOCCOCCN1C(=O)C=CC1=O)OC1CC/C=C/CCC1. The van der Waals surface area contributed by atoms with Crippen LogP contribution in [0.5, 0.6) is 0 Å². The van der Waals surface area contributed by atoms with E-state index in [1.54, 1.807) is 0 Å². The molecular formula is C21H32N2O7. The van der Waals surface area contributed by atoms with Crippen LogP contribution in [0.4, 0.5) is 4.79 Å². The number of allylic oxidation sites excluding steroid dienone is 2. The molecule has 3 amide bonds. The van der Waals surface area contributed by atoms with E-state index < -0.39 is 6.09 Å². The van der Waals surface area contributed by atoms with Gasteiger partial charge in [-0.3, -0.25) is 14.5 Å². The first-order valence-corrected chi connectivity index (χ1v) is 10.5. The summed E-state index contributed by atoms with van der Waals surface area (Å²) in [6.45, 7) is 2.87. The van der Waals surface area contributed by atoms with Crippen molar-refractivity contribution >= 4 is 17.9 Å². The Labute approximate surface area is 177 Å². The fourth-order valence-electron chi connectivity index (χ4n) is 3.01. The van der Waals surface area contributed by atoms with Crippen LogP contribution in [0, 0.1) is 0 Å². The third-order valence-electron chi connectivity index (χ3n) is 4.61. The molecule has 0 aromatic carbocycles. The van der Waals surface area contributed by atoms with E-state index >= 15 is 0 Å².